The molecule has 7 heteroatoms. The van der Waals surface area contributed by atoms with E-state index in [1.807, 2.05) is 24.3 Å². The smallest absolute Gasteiger partial charge is 0.158 e. The number of nitrogen functional groups attached to an aromatic ring is 1. The van der Waals surface area contributed by atoms with Crippen molar-refractivity contribution < 1.29 is 9.31 Å². The maximum absolute atomic E-state index is 8.67. The number of anilines is 2. The summed E-state index contributed by atoms with van der Waals surface area (Å²) in [6.07, 6.45) is 4.91. The number of benzene rings is 1. The summed E-state index contributed by atoms with van der Waals surface area (Å²) in [4.78, 5) is 10.9. The van der Waals surface area contributed by atoms with Crippen molar-refractivity contribution in [1.29, 1.82) is 5.41 Å². The minimum Gasteiger partial charge on any atom is -0.398 e. The molecule has 7 nitrogen and oxygen atoms in total. The second-order valence-corrected chi connectivity index (χ2v) is 7.27. The number of rotatable bonds is 5. The Hall–Kier alpha value is -2.80. The van der Waals surface area contributed by atoms with Crippen LogP contribution in [0.4, 0.5) is 11.5 Å². The molecule has 2 aliphatic rings. The van der Waals surface area contributed by atoms with Crippen molar-refractivity contribution in [1.82, 2.24) is 9.97 Å². The Morgan fingerprint density at radius 1 is 1.33 bits per heavy atom. The molecule has 1 aromatic heterocycles. The van der Waals surface area contributed by atoms with Gasteiger partial charge in [-0.2, -0.15) is 0 Å². The molecule has 0 aliphatic carbocycles. The fourth-order valence-electron chi connectivity index (χ4n) is 3.72. The van der Waals surface area contributed by atoms with E-state index in [4.69, 9.17) is 15.9 Å². The summed E-state index contributed by atoms with van der Waals surface area (Å²) in [5, 5.41) is 8.67. The largest absolute Gasteiger partial charge is 0.398 e. The average molecular weight is 365 g/mol. The third-order valence-electron chi connectivity index (χ3n) is 5.41. The summed E-state index contributed by atoms with van der Waals surface area (Å²) >= 11 is 0. The number of nitrogens with one attached hydrogen (secondary N) is 1. The van der Waals surface area contributed by atoms with Crippen molar-refractivity contribution in [2.75, 3.05) is 44.4 Å². The number of methoxy groups -OCH3 is 1. The summed E-state index contributed by atoms with van der Waals surface area (Å²) in [7, 11) is 3.80. The molecule has 0 saturated carbocycles. The molecule has 2 unspecified atom stereocenters. The van der Waals surface area contributed by atoms with Crippen LogP contribution in [0.2, 0.25) is 0 Å². The van der Waals surface area contributed by atoms with Crippen LogP contribution in [-0.4, -0.2) is 66.4 Å². The molecular formula is C20H25N6O+. The molecular weight excluding hydrogens is 340 g/mol. The molecule has 0 spiro atoms. The van der Waals surface area contributed by atoms with Gasteiger partial charge in [0, 0.05) is 37.5 Å². The van der Waals surface area contributed by atoms with Crippen LogP contribution in [-0.2, 0) is 4.74 Å². The van der Waals surface area contributed by atoms with Gasteiger partial charge < -0.3 is 15.4 Å². The lowest BCUT2D eigenvalue weighted by atomic mass is 9.92. The van der Waals surface area contributed by atoms with E-state index in [-0.39, 0.29) is 6.10 Å². The Morgan fingerprint density at radius 2 is 2.15 bits per heavy atom. The summed E-state index contributed by atoms with van der Waals surface area (Å²) in [6, 6.07) is 7.82. The van der Waals surface area contributed by atoms with E-state index in [1.165, 1.54) is 11.9 Å². The number of nitrogens with zero attached hydrogens (tertiary/aromatic N) is 4. The van der Waals surface area contributed by atoms with Crippen LogP contribution < -0.4 is 10.6 Å². The first kappa shape index (κ1) is 17.6. The third-order valence-corrected chi connectivity index (χ3v) is 5.41. The van der Waals surface area contributed by atoms with Crippen molar-refractivity contribution in [3.05, 3.63) is 47.4 Å². The van der Waals surface area contributed by atoms with E-state index in [0.29, 0.717) is 23.0 Å². The van der Waals surface area contributed by atoms with Crippen molar-refractivity contribution in [3.8, 4) is 0 Å². The molecule has 0 amide bonds. The summed E-state index contributed by atoms with van der Waals surface area (Å²) in [5.41, 5.74) is 9.58. The van der Waals surface area contributed by atoms with E-state index in [2.05, 4.69) is 32.7 Å². The van der Waals surface area contributed by atoms with Crippen LogP contribution in [0, 0.1) is 5.41 Å². The summed E-state index contributed by atoms with van der Waals surface area (Å²) < 4.78 is 7.59. The predicted molar refractivity (Wildman–Crippen MR) is 106 cm³/mol. The quantitative estimate of drug-likeness (QED) is 0.476. The van der Waals surface area contributed by atoms with Gasteiger partial charge >= 0.3 is 0 Å². The normalized spacial score (nSPS) is 21.7. The maximum atomic E-state index is 8.67. The van der Waals surface area contributed by atoms with Gasteiger partial charge in [-0.3, -0.25) is 5.41 Å². The number of aromatic nitrogens is 2. The van der Waals surface area contributed by atoms with Gasteiger partial charge in [0.25, 0.3) is 0 Å². The zero-order valence-corrected chi connectivity index (χ0v) is 15.7. The fraction of sp³-hybridized carbons (Fsp3) is 0.400. The number of hydrogen-bond acceptors (Lipinski definition) is 6. The minimum atomic E-state index is 0.229. The highest BCUT2D eigenvalue weighted by Gasteiger charge is 2.27. The molecule has 1 aromatic carbocycles. The topological polar surface area (TPSA) is 91.1 Å². The molecule has 0 radical (unpaired) electrons. The highest BCUT2D eigenvalue weighted by atomic mass is 16.5. The Bertz CT molecular complexity index is 909. The van der Waals surface area contributed by atoms with Crippen molar-refractivity contribution in [3.63, 3.8) is 0 Å². The molecule has 0 bridgehead atoms. The van der Waals surface area contributed by atoms with Gasteiger partial charge in [-0.25, -0.2) is 14.5 Å². The molecule has 3 heterocycles. The molecule has 140 valence electrons. The second-order valence-electron chi connectivity index (χ2n) is 7.27. The minimum absolute atomic E-state index is 0.229. The van der Waals surface area contributed by atoms with Crippen molar-refractivity contribution in [2.24, 2.45) is 0 Å². The second kappa shape index (κ2) is 7.08. The Labute approximate surface area is 159 Å². The van der Waals surface area contributed by atoms with Gasteiger partial charge in [0.15, 0.2) is 12.8 Å². The Kier molecular flexibility index (Phi) is 4.61. The van der Waals surface area contributed by atoms with Gasteiger partial charge in [-0.15, -0.1) is 0 Å². The third kappa shape index (κ3) is 3.42. The number of nitrogens with two attached hydrogens (primary N) is 1. The van der Waals surface area contributed by atoms with Crippen LogP contribution in [0.15, 0.2) is 30.6 Å². The number of likely N-dealkylation sites (N-methyl/N-ethyl adjacent to an activating group) is 1. The zero-order valence-electron chi connectivity index (χ0n) is 15.7. The SMILES string of the molecule is COC1CCN(c2cc(C(=N)c3cc(C4C=[N+](C)C4)ccc3N)ncn2)C1. The lowest BCUT2D eigenvalue weighted by Gasteiger charge is -2.19. The average Bonchev–Trinajstić information content (AvgIpc) is 3.15. The van der Waals surface area contributed by atoms with Crippen LogP contribution >= 0.6 is 0 Å². The van der Waals surface area contributed by atoms with Crippen molar-refractivity contribution in [2.45, 2.75) is 18.4 Å². The van der Waals surface area contributed by atoms with Gasteiger partial charge in [-0.05, 0) is 24.1 Å². The zero-order chi connectivity index (χ0) is 19.0. The molecule has 1 fully saturated rings. The molecule has 1 saturated heterocycles. The molecule has 3 N–H and O–H groups in total. The highest BCUT2D eigenvalue weighted by molar-refractivity contribution is 6.13. The maximum Gasteiger partial charge on any atom is 0.158 e. The van der Waals surface area contributed by atoms with Crippen LogP contribution in [0.25, 0.3) is 0 Å². The predicted octanol–water partition coefficient (Wildman–Crippen LogP) is 1.51. The van der Waals surface area contributed by atoms with Gasteiger partial charge in [-0.1, -0.05) is 6.07 Å². The van der Waals surface area contributed by atoms with Crippen LogP contribution in [0.5, 0.6) is 0 Å². The van der Waals surface area contributed by atoms with Crippen molar-refractivity contribution >= 4 is 23.4 Å². The number of ether oxygens (including phenoxy) is 1. The molecule has 4 rings (SSSR count). The van der Waals surface area contributed by atoms with Gasteiger partial charge in [0.1, 0.15) is 25.1 Å². The van der Waals surface area contributed by atoms with E-state index >= 15 is 0 Å². The summed E-state index contributed by atoms with van der Waals surface area (Å²) in [5.74, 6) is 1.21. The molecule has 2 atom stereocenters. The first-order valence-electron chi connectivity index (χ1n) is 9.19. The molecule has 2 aliphatic heterocycles. The lowest BCUT2D eigenvalue weighted by Crippen LogP contribution is -2.30. The Balaban J connectivity index is 1.60. The van der Waals surface area contributed by atoms with E-state index in [1.54, 1.807) is 7.11 Å². The Morgan fingerprint density at radius 3 is 2.85 bits per heavy atom. The highest BCUT2D eigenvalue weighted by Crippen LogP contribution is 2.26. The number of hydrogen-bond donors (Lipinski definition) is 2. The lowest BCUT2D eigenvalue weighted by molar-refractivity contribution is -0.520. The first-order chi connectivity index (χ1) is 13.0. The molecule has 2 aromatic rings. The van der Waals surface area contributed by atoms with Crippen LogP contribution in [0.1, 0.15) is 29.2 Å². The standard InChI is InChI=1S/C20H25N6O/c1-25-9-14(10-25)13-3-4-17(21)16(7-13)20(22)18-8-19(24-12-23-18)26-6-5-15(11-26)27-2/h3-4,7-9,12,14-15,22H,5-6,10-11,21H2,1-2H3/q+1. The fourth-order valence-corrected chi connectivity index (χ4v) is 3.72. The van der Waals surface area contributed by atoms with E-state index in [9.17, 15) is 0 Å². The monoisotopic (exact) mass is 365 g/mol. The van der Waals surface area contributed by atoms with Gasteiger partial charge in [0.05, 0.1) is 17.5 Å². The van der Waals surface area contributed by atoms with E-state index < -0.39 is 0 Å². The van der Waals surface area contributed by atoms with Gasteiger partial charge in [0.2, 0.25) is 0 Å². The van der Waals surface area contributed by atoms with E-state index in [0.717, 1.165) is 37.4 Å². The summed E-state index contributed by atoms with van der Waals surface area (Å²) in [6.45, 7) is 2.69. The van der Waals surface area contributed by atoms with Crippen LogP contribution in [0.3, 0.4) is 0 Å². The first-order valence-corrected chi connectivity index (χ1v) is 9.19. The molecule has 27 heavy (non-hydrogen) atoms.